The van der Waals surface area contributed by atoms with Crippen LogP contribution in [0.4, 0.5) is 0 Å². The molecule has 0 radical (unpaired) electrons. The van der Waals surface area contributed by atoms with E-state index in [1.54, 1.807) is 19.1 Å². The zero-order chi connectivity index (χ0) is 21.6. The second kappa shape index (κ2) is 9.76. The molecule has 1 amide bonds. The predicted molar refractivity (Wildman–Crippen MR) is 112 cm³/mol. The molecule has 0 heterocycles. The van der Waals surface area contributed by atoms with Crippen molar-refractivity contribution in [2.45, 2.75) is 31.8 Å². The van der Waals surface area contributed by atoms with E-state index in [1.165, 1.54) is 26.2 Å². The second-order valence-electron chi connectivity index (χ2n) is 6.86. The lowest BCUT2D eigenvalue weighted by molar-refractivity contribution is -0.127. The van der Waals surface area contributed by atoms with Crippen molar-refractivity contribution in [2.24, 2.45) is 0 Å². The summed E-state index contributed by atoms with van der Waals surface area (Å²) in [6.45, 7) is 6.20. The van der Waals surface area contributed by atoms with Crippen LogP contribution in [0.3, 0.4) is 0 Å². The highest BCUT2D eigenvalue weighted by Crippen LogP contribution is 2.22. The molecule has 29 heavy (non-hydrogen) atoms. The van der Waals surface area contributed by atoms with Crippen LogP contribution in [0.15, 0.2) is 47.4 Å². The van der Waals surface area contributed by atoms with Crippen molar-refractivity contribution in [1.29, 1.82) is 0 Å². The number of carbonyl (C=O) groups excluding carboxylic acids is 1. The van der Waals surface area contributed by atoms with Crippen LogP contribution in [0.1, 0.15) is 18.1 Å². The molecular formula is C21H28N2O5S. The van der Waals surface area contributed by atoms with E-state index in [0.29, 0.717) is 18.0 Å². The number of ether oxygens (including phenoxy) is 2. The molecule has 0 saturated heterocycles. The van der Waals surface area contributed by atoms with Crippen LogP contribution in [-0.4, -0.2) is 52.0 Å². The number of hydrogen-bond donors (Lipinski definition) is 1. The van der Waals surface area contributed by atoms with Gasteiger partial charge in [0.2, 0.25) is 10.0 Å². The van der Waals surface area contributed by atoms with Gasteiger partial charge in [0.25, 0.3) is 5.91 Å². The van der Waals surface area contributed by atoms with Crippen LogP contribution in [0.5, 0.6) is 11.5 Å². The van der Waals surface area contributed by atoms with Crippen molar-refractivity contribution in [3.05, 3.63) is 53.6 Å². The molecule has 1 N–H and O–H groups in total. The van der Waals surface area contributed by atoms with E-state index in [2.05, 4.69) is 5.32 Å². The summed E-state index contributed by atoms with van der Waals surface area (Å²) in [4.78, 5) is 12.4. The number of rotatable bonds is 9. The van der Waals surface area contributed by atoms with Crippen LogP contribution in [-0.2, 0) is 14.8 Å². The second-order valence-corrected chi connectivity index (χ2v) is 9.01. The van der Waals surface area contributed by atoms with E-state index >= 15 is 0 Å². The smallest absolute Gasteiger partial charge is 0.260 e. The van der Waals surface area contributed by atoms with Crippen LogP contribution in [0.25, 0.3) is 0 Å². The number of nitrogens with zero attached hydrogens (tertiary/aromatic N) is 1. The van der Waals surface area contributed by atoms with Gasteiger partial charge in [-0.1, -0.05) is 12.1 Å². The summed E-state index contributed by atoms with van der Waals surface area (Å²) >= 11 is 0. The highest BCUT2D eigenvalue weighted by molar-refractivity contribution is 7.89. The zero-order valence-corrected chi connectivity index (χ0v) is 18.2. The van der Waals surface area contributed by atoms with Gasteiger partial charge in [0.05, 0.1) is 11.4 Å². The first kappa shape index (κ1) is 22.7. The largest absolute Gasteiger partial charge is 0.492 e. The predicted octanol–water partition coefficient (Wildman–Crippen LogP) is 2.52. The van der Waals surface area contributed by atoms with Gasteiger partial charge in [-0.25, -0.2) is 12.7 Å². The van der Waals surface area contributed by atoms with E-state index < -0.39 is 16.1 Å². The van der Waals surface area contributed by atoms with Gasteiger partial charge in [-0.05, 0) is 62.2 Å². The number of carbonyl (C=O) groups is 1. The van der Waals surface area contributed by atoms with Crippen LogP contribution in [0, 0.1) is 13.8 Å². The minimum absolute atomic E-state index is 0.195. The summed E-state index contributed by atoms with van der Waals surface area (Å²) in [5, 5.41) is 2.77. The first-order valence-corrected chi connectivity index (χ1v) is 10.7. The lowest BCUT2D eigenvalue weighted by atomic mass is 10.1. The van der Waals surface area contributed by atoms with Gasteiger partial charge in [-0.2, -0.15) is 0 Å². The van der Waals surface area contributed by atoms with Gasteiger partial charge < -0.3 is 14.8 Å². The summed E-state index contributed by atoms with van der Waals surface area (Å²) < 4.78 is 36.5. The normalized spacial score (nSPS) is 12.5. The molecule has 2 aromatic carbocycles. The molecule has 7 nitrogen and oxygen atoms in total. The SMILES string of the molecule is Cc1cccc(OC(C)C(=O)NCCOc2ccc(S(=O)(=O)N(C)C)cc2)c1C. The molecule has 0 aliphatic carbocycles. The van der Waals surface area contributed by atoms with E-state index in [1.807, 2.05) is 32.0 Å². The van der Waals surface area contributed by atoms with Gasteiger partial charge in [0.1, 0.15) is 18.1 Å². The fourth-order valence-electron chi connectivity index (χ4n) is 2.50. The Balaban J connectivity index is 1.79. The summed E-state index contributed by atoms with van der Waals surface area (Å²) in [7, 11) is -0.505. The highest BCUT2D eigenvalue weighted by atomic mass is 32.2. The molecule has 8 heteroatoms. The van der Waals surface area contributed by atoms with Gasteiger partial charge in [-0.3, -0.25) is 4.79 Å². The molecule has 0 aliphatic heterocycles. The Morgan fingerprint density at radius 1 is 1.10 bits per heavy atom. The topological polar surface area (TPSA) is 84.9 Å². The van der Waals surface area contributed by atoms with Crippen LogP contribution >= 0.6 is 0 Å². The fourth-order valence-corrected chi connectivity index (χ4v) is 3.40. The molecule has 2 aromatic rings. The minimum Gasteiger partial charge on any atom is -0.492 e. The van der Waals surface area contributed by atoms with Gasteiger partial charge >= 0.3 is 0 Å². The standard InChI is InChI=1S/C21H28N2O5S/c1-15-7-6-8-20(16(15)2)28-17(3)21(24)22-13-14-27-18-9-11-19(12-10-18)29(25,26)23(4)5/h6-12,17H,13-14H2,1-5H3,(H,22,24). The summed E-state index contributed by atoms with van der Waals surface area (Å²) in [5.74, 6) is 0.982. The Morgan fingerprint density at radius 2 is 1.76 bits per heavy atom. The number of aryl methyl sites for hydroxylation is 1. The molecule has 0 aliphatic rings. The molecule has 2 rings (SSSR count). The average Bonchev–Trinajstić information content (AvgIpc) is 2.68. The molecule has 158 valence electrons. The first-order valence-electron chi connectivity index (χ1n) is 9.29. The molecule has 1 atom stereocenters. The summed E-state index contributed by atoms with van der Waals surface area (Å²) in [6.07, 6.45) is -0.633. The molecule has 0 fully saturated rings. The third-order valence-electron chi connectivity index (χ3n) is 4.50. The van der Waals surface area contributed by atoms with Crippen molar-refractivity contribution in [2.75, 3.05) is 27.2 Å². The monoisotopic (exact) mass is 420 g/mol. The zero-order valence-electron chi connectivity index (χ0n) is 17.4. The lowest BCUT2D eigenvalue weighted by Crippen LogP contribution is -2.38. The number of hydrogen-bond acceptors (Lipinski definition) is 5. The number of amides is 1. The van der Waals surface area contributed by atoms with E-state index in [0.717, 1.165) is 15.4 Å². The van der Waals surface area contributed by atoms with Crippen molar-refractivity contribution in [3.8, 4) is 11.5 Å². The Bertz CT molecular complexity index is 940. The van der Waals surface area contributed by atoms with Gasteiger partial charge in [0, 0.05) is 14.1 Å². The van der Waals surface area contributed by atoms with E-state index in [4.69, 9.17) is 9.47 Å². The molecule has 0 aromatic heterocycles. The highest BCUT2D eigenvalue weighted by Gasteiger charge is 2.17. The van der Waals surface area contributed by atoms with Gasteiger partial charge in [0.15, 0.2) is 6.10 Å². The lowest BCUT2D eigenvalue weighted by Gasteiger charge is -2.17. The molecular weight excluding hydrogens is 392 g/mol. The first-order chi connectivity index (χ1) is 13.6. The van der Waals surface area contributed by atoms with Crippen LogP contribution < -0.4 is 14.8 Å². The van der Waals surface area contributed by atoms with Crippen molar-refractivity contribution < 1.29 is 22.7 Å². The number of sulfonamides is 1. The molecule has 1 unspecified atom stereocenters. The Morgan fingerprint density at radius 3 is 2.38 bits per heavy atom. The maximum Gasteiger partial charge on any atom is 0.260 e. The number of benzene rings is 2. The molecule has 0 saturated carbocycles. The third-order valence-corrected chi connectivity index (χ3v) is 6.33. The minimum atomic E-state index is -3.46. The summed E-state index contributed by atoms with van der Waals surface area (Å²) in [6, 6.07) is 11.9. The van der Waals surface area contributed by atoms with Crippen molar-refractivity contribution >= 4 is 15.9 Å². The third kappa shape index (κ3) is 5.95. The van der Waals surface area contributed by atoms with E-state index in [-0.39, 0.29) is 17.4 Å². The quantitative estimate of drug-likeness (QED) is 0.630. The van der Waals surface area contributed by atoms with E-state index in [9.17, 15) is 13.2 Å². The van der Waals surface area contributed by atoms with Gasteiger partial charge in [-0.15, -0.1) is 0 Å². The van der Waals surface area contributed by atoms with Crippen LogP contribution in [0.2, 0.25) is 0 Å². The Kier molecular flexibility index (Phi) is 7.64. The Labute approximate surface area is 172 Å². The number of nitrogens with one attached hydrogen (secondary N) is 1. The van der Waals surface area contributed by atoms with Crippen molar-refractivity contribution in [1.82, 2.24) is 9.62 Å². The maximum atomic E-state index is 12.2. The fraction of sp³-hybridized carbons (Fsp3) is 0.381. The Hall–Kier alpha value is -2.58. The van der Waals surface area contributed by atoms with Crippen molar-refractivity contribution in [3.63, 3.8) is 0 Å². The average molecular weight is 421 g/mol. The molecule has 0 spiro atoms. The molecule has 0 bridgehead atoms. The maximum absolute atomic E-state index is 12.2. The summed E-state index contributed by atoms with van der Waals surface area (Å²) in [5.41, 5.74) is 2.11.